The third-order valence-electron chi connectivity index (χ3n) is 6.58. The summed E-state index contributed by atoms with van der Waals surface area (Å²) in [5.41, 5.74) is 0. The lowest BCUT2D eigenvalue weighted by Crippen LogP contribution is -2.50. The SMILES string of the molecule is CCCCCCCCCCCCCCCCCC[N+](CCC)(CCC)CCC. The van der Waals surface area contributed by atoms with Gasteiger partial charge in [-0.2, -0.15) is 0 Å². The Kier molecular flexibility index (Phi) is 21.6. The van der Waals surface area contributed by atoms with E-state index in [1.54, 1.807) is 0 Å². The largest absolute Gasteiger partial charge is 0.324 e. The molecule has 28 heavy (non-hydrogen) atoms. The van der Waals surface area contributed by atoms with E-state index in [4.69, 9.17) is 0 Å². The maximum absolute atomic E-state index is 2.37. The number of quaternary nitrogens is 1. The summed E-state index contributed by atoms with van der Waals surface area (Å²) >= 11 is 0. The monoisotopic (exact) mass is 396 g/mol. The van der Waals surface area contributed by atoms with Crippen LogP contribution >= 0.6 is 0 Å². The quantitative estimate of drug-likeness (QED) is 0.119. The highest BCUT2D eigenvalue weighted by molar-refractivity contribution is 4.51. The van der Waals surface area contributed by atoms with E-state index in [9.17, 15) is 0 Å². The first-order chi connectivity index (χ1) is 13.7. The highest BCUT2D eigenvalue weighted by Gasteiger charge is 2.23. The van der Waals surface area contributed by atoms with Crippen LogP contribution in [0.1, 0.15) is 150 Å². The first-order valence-corrected chi connectivity index (χ1v) is 13.6. The Morgan fingerprint density at radius 3 is 0.857 bits per heavy atom. The normalized spacial score (nSPS) is 12.0. The topological polar surface area (TPSA) is 0 Å². The van der Waals surface area contributed by atoms with Gasteiger partial charge in [0.2, 0.25) is 0 Å². The molecule has 0 aromatic carbocycles. The van der Waals surface area contributed by atoms with Crippen molar-refractivity contribution in [1.29, 1.82) is 0 Å². The molecule has 0 saturated carbocycles. The van der Waals surface area contributed by atoms with Crippen LogP contribution in [0.4, 0.5) is 0 Å². The van der Waals surface area contributed by atoms with Gasteiger partial charge in [0, 0.05) is 0 Å². The summed E-state index contributed by atoms with van der Waals surface area (Å²) in [4.78, 5) is 0. The van der Waals surface area contributed by atoms with Crippen LogP contribution in [-0.4, -0.2) is 30.7 Å². The minimum atomic E-state index is 1.35. The Morgan fingerprint density at radius 1 is 0.286 bits per heavy atom. The maximum Gasteiger partial charge on any atom is 0.0786 e. The Bertz CT molecular complexity index is 269. The van der Waals surface area contributed by atoms with Crippen molar-refractivity contribution < 1.29 is 4.48 Å². The molecule has 0 aliphatic rings. The summed E-state index contributed by atoms with van der Waals surface area (Å²) < 4.78 is 1.40. The minimum Gasteiger partial charge on any atom is -0.324 e. The highest BCUT2D eigenvalue weighted by atomic mass is 15.3. The summed E-state index contributed by atoms with van der Waals surface area (Å²) in [6.45, 7) is 15.1. The lowest BCUT2D eigenvalue weighted by molar-refractivity contribution is -0.928. The zero-order valence-corrected chi connectivity index (χ0v) is 20.7. The molecule has 0 saturated heterocycles. The highest BCUT2D eigenvalue weighted by Crippen LogP contribution is 2.17. The molecule has 0 aliphatic carbocycles. The molecular weight excluding hydrogens is 338 g/mol. The first kappa shape index (κ1) is 28.0. The molecule has 0 aromatic rings. The molecule has 0 atom stereocenters. The summed E-state index contributed by atoms with van der Waals surface area (Å²) in [5.74, 6) is 0. The van der Waals surface area contributed by atoms with E-state index >= 15 is 0 Å². The van der Waals surface area contributed by atoms with Crippen LogP contribution in [0.3, 0.4) is 0 Å². The summed E-state index contributed by atoms with van der Waals surface area (Å²) in [6.07, 6.45) is 27.5. The molecule has 0 heterocycles. The van der Waals surface area contributed by atoms with Crippen molar-refractivity contribution in [2.45, 2.75) is 150 Å². The summed E-state index contributed by atoms with van der Waals surface area (Å²) in [6, 6.07) is 0. The Labute approximate surface area is 180 Å². The molecule has 0 aliphatic heterocycles. The van der Waals surface area contributed by atoms with E-state index in [0.29, 0.717) is 0 Å². The molecule has 0 spiro atoms. The molecular formula is C27H58N+. The standard InChI is InChI=1S/C27H58N/c1-5-9-10-11-12-13-14-15-16-17-18-19-20-21-22-23-27-28(24-6-2,25-7-3)26-8-4/h5-27H2,1-4H3/q+1. The van der Waals surface area contributed by atoms with Crippen molar-refractivity contribution in [3.63, 3.8) is 0 Å². The molecule has 0 amide bonds. The van der Waals surface area contributed by atoms with Crippen LogP contribution in [0.25, 0.3) is 0 Å². The fourth-order valence-corrected chi connectivity index (χ4v) is 5.09. The van der Waals surface area contributed by atoms with E-state index in [-0.39, 0.29) is 0 Å². The Balaban J connectivity index is 3.46. The molecule has 0 radical (unpaired) electrons. The van der Waals surface area contributed by atoms with Crippen LogP contribution in [0.5, 0.6) is 0 Å². The second-order valence-electron chi connectivity index (χ2n) is 9.54. The molecule has 1 nitrogen and oxygen atoms in total. The number of hydrogen-bond donors (Lipinski definition) is 0. The predicted octanol–water partition coefficient (Wildman–Crippen LogP) is 9.29. The summed E-state index contributed by atoms with van der Waals surface area (Å²) in [5, 5.41) is 0. The maximum atomic E-state index is 2.37. The second kappa shape index (κ2) is 21.7. The van der Waals surface area contributed by atoms with Gasteiger partial charge < -0.3 is 4.48 Å². The lowest BCUT2D eigenvalue weighted by Gasteiger charge is -2.38. The van der Waals surface area contributed by atoms with Crippen molar-refractivity contribution in [2.24, 2.45) is 0 Å². The van der Waals surface area contributed by atoms with Gasteiger partial charge >= 0.3 is 0 Å². The third kappa shape index (κ3) is 16.9. The molecule has 1 heteroatoms. The summed E-state index contributed by atoms with van der Waals surface area (Å²) in [7, 11) is 0. The van der Waals surface area contributed by atoms with Crippen molar-refractivity contribution in [2.75, 3.05) is 26.2 Å². The first-order valence-electron chi connectivity index (χ1n) is 13.6. The fourth-order valence-electron chi connectivity index (χ4n) is 5.09. The van der Waals surface area contributed by atoms with Gasteiger partial charge in [0.05, 0.1) is 26.2 Å². The number of rotatable bonds is 23. The molecule has 170 valence electrons. The van der Waals surface area contributed by atoms with Gasteiger partial charge in [-0.05, 0) is 32.1 Å². The minimum absolute atomic E-state index is 1.35. The van der Waals surface area contributed by atoms with Crippen molar-refractivity contribution in [3.05, 3.63) is 0 Å². The molecule has 0 rings (SSSR count). The van der Waals surface area contributed by atoms with E-state index < -0.39 is 0 Å². The van der Waals surface area contributed by atoms with E-state index in [2.05, 4.69) is 27.7 Å². The average molecular weight is 397 g/mol. The van der Waals surface area contributed by atoms with E-state index in [1.165, 1.54) is 153 Å². The van der Waals surface area contributed by atoms with Crippen LogP contribution in [0.2, 0.25) is 0 Å². The van der Waals surface area contributed by atoms with E-state index in [1.807, 2.05) is 0 Å². The zero-order valence-electron chi connectivity index (χ0n) is 20.7. The van der Waals surface area contributed by atoms with Crippen molar-refractivity contribution >= 4 is 0 Å². The molecule has 0 bridgehead atoms. The molecule has 0 fully saturated rings. The fraction of sp³-hybridized carbons (Fsp3) is 1.00. The van der Waals surface area contributed by atoms with Crippen LogP contribution < -0.4 is 0 Å². The number of nitrogens with zero attached hydrogens (tertiary/aromatic N) is 1. The van der Waals surface area contributed by atoms with Gasteiger partial charge in [0.15, 0.2) is 0 Å². The smallest absolute Gasteiger partial charge is 0.0786 e. The van der Waals surface area contributed by atoms with Gasteiger partial charge in [-0.15, -0.1) is 0 Å². The van der Waals surface area contributed by atoms with Gasteiger partial charge in [-0.3, -0.25) is 0 Å². The van der Waals surface area contributed by atoms with Crippen molar-refractivity contribution in [3.8, 4) is 0 Å². The molecule has 0 unspecified atom stereocenters. The number of hydrogen-bond acceptors (Lipinski definition) is 0. The van der Waals surface area contributed by atoms with Crippen LogP contribution in [0, 0.1) is 0 Å². The zero-order chi connectivity index (χ0) is 20.8. The average Bonchev–Trinajstić information content (AvgIpc) is 2.68. The van der Waals surface area contributed by atoms with Gasteiger partial charge in [0.1, 0.15) is 0 Å². The Morgan fingerprint density at radius 2 is 0.571 bits per heavy atom. The van der Waals surface area contributed by atoms with Crippen LogP contribution in [-0.2, 0) is 0 Å². The Hall–Kier alpha value is -0.0400. The van der Waals surface area contributed by atoms with Gasteiger partial charge in [0.25, 0.3) is 0 Å². The predicted molar refractivity (Wildman–Crippen MR) is 130 cm³/mol. The number of unbranched alkanes of at least 4 members (excludes halogenated alkanes) is 15. The second-order valence-corrected chi connectivity index (χ2v) is 9.54. The van der Waals surface area contributed by atoms with Gasteiger partial charge in [-0.1, -0.05) is 118 Å². The van der Waals surface area contributed by atoms with Crippen LogP contribution in [0.15, 0.2) is 0 Å². The van der Waals surface area contributed by atoms with Gasteiger partial charge in [-0.25, -0.2) is 0 Å². The third-order valence-corrected chi connectivity index (χ3v) is 6.58. The molecule has 0 aromatic heterocycles. The molecule has 0 N–H and O–H groups in total. The van der Waals surface area contributed by atoms with E-state index in [0.717, 1.165) is 0 Å². The van der Waals surface area contributed by atoms with Crippen molar-refractivity contribution in [1.82, 2.24) is 0 Å². The lowest BCUT2D eigenvalue weighted by atomic mass is 10.0.